The summed E-state index contributed by atoms with van der Waals surface area (Å²) in [6.45, 7) is 5.90. The Balaban J connectivity index is 2.38. The second kappa shape index (κ2) is 7.77. The SMILES string of the molecule is COC(=O)c1cc(Br)c(CCNNC(=O)OC(C)(C)C)s1. The van der Waals surface area contributed by atoms with E-state index in [1.807, 2.05) is 0 Å². The van der Waals surface area contributed by atoms with Crippen LogP contribution in [0, 0.1) is 0 Å². The number of ether oxygens (including phenoxy) is 2. The summed E-state index contributed by atoms with van der Waals surface area (Å²) >= 11 is 4.75. The van der Waals surface area contributed by atoms with Crippen molar-refractivity contribution in [1.82, 2.24) is 10.9 Å². The molecule has 0 radical (unpaired) electrons. The molecule has 1 rings (SSSR count). The Bertz CT molecular complexity index is 511. The maximum absolute atomic E-state index is 11.4. The van der Waals surface area contributed by atoms with E-state index < -0.39 is 11.7 Å². The number of methoxy groups -OCH3 is 1. The van der Waals surface area contributed by atoms with Gasteiger partial charge in [0.05, 0.1) is 7.11 Å². The van der Waals surface area contributed by atoms with Crippen LogP contribution in [0.4, 0.5) is 4.79 Å². The summed E-state index contributed by atoms with van der Waals surface area (Å²) in [4.78, 5) is 24.4. The van der Waals surface area contributed by atoms with Gasteiger partial charge in [-0.1, -0.05) is 0 Å². The maximum atomic E-state index is 11.4. The average Bonchev–Trinajstić information content (AvgIpc) is 2.73. The third-order valence-electron chi connectivity index (χ3n) is 2.21. The molecule has 1 aromatic heterocycles. The molecule has 0 atom stereocenters. The van der Waals surface area contributed by atoms with E-state index in [4.69, 9.17) is 4.74 Å². The largest absolute Gasteiger partial charge is 0.465 e. The fraction of sp³-hybridized carbons (Fsp3) is 0.538. The van der Waals surface area contributed by atoms with Crippen molar-refractivity contribution >= 4 is 39.3 Å². The fourth-order valence-corrected chi connectivity index (χ4v) is 3.18. The number of rotatable bonds is 5. The Kier molecular flexibility index (Phi) is 6.63. The van der Waals surface area contributed by atoms with Crippen LogP contribution in [-0.2, 0) is 15.9 Å². The number of nitrogens with one attached hydrogen (secondary N) is 2. The minimum absolute atomic E-state index is 0.355. The quantitative estimate of drug-likeness (QED) is 0.467. The number of amides is 1. The molecule has 21 heavy (non-hydrogen) atoms. The lowest BCUT2D eigenvalue weighted by Crippen LogP contribution is -2.41. The van der Waals surface area contributed by atoms with E-state index in [1.54, 1.807) is 26.8 Å². The Hall–Kier alpha value is -1.12. The molecule has 1 aromatic rings. The summed E-state index contributed by atoms with van der Waals surface area (Å²) in [6.07, 6.45) is 0.126. The van der Waals surface area contributed by atoms with Crippen LogP contribution in [0.15, 0.2) is 10.5 Å². The topological polar surface area (TPSA) is 76.7 Å². The number of hydrazine groups is 1. The summed E-state index contributed by atoms with van der Waals surface area (Å²) in [7, 11) is 1.35. The van der Waals surface area contributed by atoms with Crippen molar-refractivity contribution in [2.75, 3.05) is 13.7 Å². The lowest BCUT2D eigenvalue weighted by atomic mass is 10.2. The second-order valence-electron chi connectivity index (χ2n) is 5.18. The third kappa shape index (κ3) is 6.45. The number of hydrogen-bond acceptors (Lipinski definition) is 6. The van der Waals surface area contributed by atoms with Gasteiger partial charge in [0.15, 0.2) is 0 Å². The van der Waals surface area contributed by atoms with E-state index in [9.17, 15) is 9.59 Å². The molecule has 0 fully saturated rings. The van der Waals surface area contributed by atoms with Gasteiger partial charge in [-0.3, -0.25) is 5.43 Å². The van der Waals surface area contributed by atoms with E-state index >= 15 is 0 Å². The van der Waals surface area contributed by atoms with Gasteiger partial charge in [-0.2, -0.15) is 0 Å². The van der Waals surface area contributed by atoms with Crippen molar-refractivity contribution in [3.63, 3.8) is 0 Å². The van der Waals surface area contributed by atoms with E-state index in [1.165, 1.54) is 18.4 Å². The van der Waals surface area contributed by atoms with E-state index in [2.05, 4.69) is 31.5 Å². The van der Waals surface area contributed by atoms with Crippen LogP contribution in [0.25, 0.3) is 0 Å². The van der Waals surface area contributed by atoms with Crippen molar-refractivity contribution < 1.29 is 19.1 Å². The summed E-state index contributed by atoms with van der Waals surface area (Å²) in [5.74, 6) is -0.355. The molecule has 1 amide bonds. The third-order valence-corrected chi connectivity index (χ3v) is 4.36. The highest BCUT2D eigenvalue weighted by Crippen LogP contribution is 2.28. The summed E-state index contributed by atoms with van der Waals surface area (Å²) < 4.78 is 10.6. The minimum atomic E-state index is -0.530. The molecule has 0 aliphatic heterocycles. The first-order chi connectivity index (χ1) is 9.73. The molecule has 6 nitrogen and oxygen atoms in total. The molecule has 0 aromatic carbocycles. The van der Waals surface area contributed by atoms with E-state index in [-0.39, 0.29) is 5.97 Å². The van der Waals surface area contributed by atoms with Crippen LogP contribution in [0.3, 0.4) is 0 Å². The van der Waals surface area contributed by atoms with E-state index in [0.717, 1.165) is 9.35 Å². The zero-order valence-corrected chi connectivity index (χ0v) is 14.8. The van der Waals surface area contributed by atoms with Crippen LogP contribution in [0.1, 0.15) is 35.3 Å². The molecule has 0 aliphatic rings. The van der Waals surface area contributed by atoms with Gasteiger partial charge in [-0.05, 0) is 49.2 Å². The Morgan fingerprint density at radius 3 is 2.62 bits per heavy atom. The Labute approximate surface area is 136 Å². The molecule has 0 saturated carbocycles. The maximum Gasteiger partial charge on any atom is 0.422 e. The van der Waals surface area contributed by atoms with E-state index in [0.29, 0.717) is 17.8 Å². The predicted octanol–water partition coefficient (Wildman–Crippen LogP) is 2.87. The van der Waals surface area contributed by atoms with Gasteiger partial charge in [0.2, 0.25) is 0 Å². The van der Waals surface area contributed by atoms with Crippen molar-refractivity contribution in [1.29, 1.82) is 0 Å². The second-order valence-corrected chi connectivity index (χ2v) is 7.17. The molecular formula is C13H19BrN2O4S. The average molecular weight is 379 g/mol. The molecule has 8 heteroatoms. The first-order valence-corrected chi connectivity index (χ1v) is 7.92. The zero-order chi connectivity index (χ0) is 16.0. The number of hydrogen-bond donors (Lipinski definition) is 2. The standard InChI is InChI=1S/C13H19BrN2O4S/c1-13(2,3)20-12(18)16-15-6-5-9-8(14)7-10(21-9)11(17)19-4/h7,15H,5-6H2,1-4H3,(H,16,18). The molecule has 0 aliphatic carbocycles. The molecular weight excluding hydrogens is 360 g/mol. The number of esters is 1. The molecule has 118 valence electrons. The molecule has 0 bridgehead atoms. The van der Waals surface area contributed by atoms with Crippen molar-refractivity contribution in [3.05, 3.63) is 20.3 Å². The number of carbonyl (C=O) groups excluding carboxylic acids is 2. The fourth-order valence-electron chi connectivity index (χ4n) is 1.39. The van der Waals surface area contributed by atoms with Crippen molar-refractivity contribution in [2.45, 2.75) is 32.8 Å². The number of carbonyl (C=O) groups is 2. The normalized spacial score (nSPS) is 11.1. The minimum Gasteiger partial charge on any atom is -0.465 e. The van der Waals surface area contributed by atoms with Crippen molar-refractivity contribution in [3.8, 4) is 0 Å². The highest BCUT2D eigenvalue weighted by molar-refractivity contribution is 9.10. The summed E-state index contributed by atoms with van der Waals surface area (Å²) in [5.41, 5.74) is 4.71. The molecule has 0 unspecified atom stereocenters. The highest BCUT2D eigenvalue weighted by atomic mass is 79.9. The van der Waals surface area contributed by atoms with Gasteiger partial charge in [0.1, 0.15) is 10.5 Å². The summed E-state index contributed by atoms with van der Waals surface area (Å²) in [6, 6.07) is 1.73. The molecule has 1 heterocycles. The zero-order valence-electron chi connectivity index (χ0n) is 12.4. The van der Waals surface area contributed by atoms with Crippen LogP contribution in [0.5, 0.6) is 0 Å². The molecule has 0 spiro atoms. The first-order valence-electron chi connectivity index (χ1n) is 6.31. The Morgan fingerprint density at radius 1 is 1.38 bits per heavy atom. The first kappa shape index (κ1) is 17.9. The number of halogens is 1. The van der Waals surface area contributed by atoms with Gasteiger partial charge >= 0.3 is 12.1 Å². The smallest absolute Gasteiger partial charge is 0.422 e. The lowest BCUT2D eigenvalue weighted by molar-refractivity contribution is 0.0498. The van der Waals surface area contributed by atoms with Gasteiger partial charge in [0, 0.05) is 15.9 Å². The van der Waals surface area contributed by atoms with Gasteiger partial charge in [0.25, 0.3) is 0 Å². The van der Waals surface area contributed by atoms with Crippen LogP contribution >= 0.6 is 27.3 Å². The predicted molar refractivity (Wildman–Crippen MR) is 84.4 cm³/mol. The van der Waals surface area contributed by atoms with Gasteiger partial charge in [-0.15, -0.1) is 11.3 Å². The molecule has 2 N–H and O–H groups in total. The lowest BCUT2D eigenvalue weighted by Gasteiger charge is -2.19. The Morgan fingerprint density at radius 2 is 2.05 bits per heavy atom. The van der Waals surface area contributed by atoms with Gasteiger partial charge < -0.3 is 9.47 Å². The van der Waals surface area contributed by atoms with Crippen LogP contribution in [0.2, 0.25) is 0 Å². The van der Waals surface area contributed by atoms with Crippen LogP contribution in [-0.4, -0.2) is 31.3 Å². The van der Waals surface area contributed by atoms with Crippen molar-refractivity contribution in [2.24, 2.45) is 0 Å². The summed E-state index contributed by atoms with van der Waals surface area (Å²) in [5, 5.41) is 0. The molecule has 0 saturated heterocycles. The monoisotopic (exact) mass is 378 g/mol. The highest BCUT2D eigenvalue weighted by Gasteiger charge is 2.16. The van der Waals surface area contributed by atoms with Gasteiger partial charge in [-0.25, -0.2) is 15.0 Å². The van der Waals surface area contributed by atoms with Crippen LogP contribution < -0.4 is 10.9 Å². The number of thiophene rings is 1.